The highest BCUT2D eigenvalue weighted by atomic mass is 19.1. The van der Waals surface area contributed by atoms with Gasteiger partial charge in [0.15, 0.2) is 0 Å². The van der Waals surface area contributed by atoms with Crippen LogP contribution in [0.1, 0.15) is 30.3 Å². The number of rotatable bonds is 9. The van der Waals surface area contributed by atoms with Gasteiger partial charge in [0.05, 0.1) is 18.3 Å². The first-order chi connectivity index (χ1) is 21.0. The highest BCUT2D eigenvalue weighted by molar-refractivity contribution is 5.82. The Morgan fingerprint density at radius 2 is 1.86 bits per heavy atom. The molecular weight excluding hydrogens is 559 g/mol. The van der Waals surface area contributed by atoms with Crippen molar-refractivity contribution in [2.75, 3.05) is 52.5 Å². The zero-order valence-electron chi connectivity index (χ0n) is 24.1. The summed E-state index contributed by atoms with van der Waals surface area (Å²) in [5, 5.41) is 6.35. The number of carbonyl (C=O) groups excluding carboxylic acids is 1. The summed E-state index contributed by atoms with van der Waals surface area (Å²) in [4.78, 5) is 21.0. The Balaban J connectivity index is 1.48. The van der Waals surface area contributed by atoms with Gasteiger partial charge in [0.1, 0.15) is 29.7 Å². The number of hydrogen-bond donors (Lipinski definition) is 2. The van der Waals surface area contributed by atoms with Gasteiger partial charge < -0.3 is 29.6 Å². The van der Waals surface area contributed by atoms with Crippen LogP contribution in [-0.4, -0.2) is 85.2 Å². The maximum absolute atomic E-state index is 15.1. The predicted octanol–water partition coefficient (Wildman–Crippen LogP) is 3.72. The lowest BCUT2D eigenvalue weighted by molar-refractivity contribution is -0.151. The minimum absolute atomic E-state index is 0.0419. The largest absolute Gasteiger partial charge is 0.381 e. The first-order valence-corrected chi connectivity index (χ1v) is 15.1. The van der Waals surface area contributed by atoms with E-state index in [4.69, 9.17) is 14.5 Å². The van der Waals surface area contributed by atoms with Gasteiger partial charge in [0.25, 0.3) is 5.91 Å². The molecule has 0 bridgehead atoms. The molecule has 6 rings (SSSR count). The zero-order valence-corrected chi connectivity index (χ0v) is 24.1. The number of morpholine rings is 1. The monoisotopic (exact) mass is 597 g/mol. The molecule has 3 saturated heterocycles. The fourth-order valence-corrected chi connectivity index (χ4v) is 6.42. The highest BCUT2D eigenvalue weighted by Crippen LogP contribution is 2.38. The van der Waals surface area contributed by atoms with Crippen LogP contribution in [0.5, 0.6) is 0 Å². The normalized spacial score (nSPS) is 23.7. The van der Waals surface area contributed by atoms with Gasteiger partial charge in [0.2, 0.25) is 0 Å². The third kappa shape index (κ3) is 6.80. The van der Waals surface area contributed by atoms with Crippen LogP contribution in [0.2, 0.25) is 0 Å². The molecule has 3 aliphatic heterocycles. The second-order valence-electron chi connectivity index (χ2n) is 11.6. The van der Waals surface area contributed by atoms with Crippen molar-refractivity contribution in [2.45, 2.75) is 37.7 Å². The summed E-state index contributed by atoms with van der Waals surface area (Å²) < 4.78 is 58.0. The molecule has 3 aromatic rings. The molecule has 43 heavy (non-hydrogen) atoms. The summed E-state index contributed by atoms with van der Waals surface area (Å²) in [7, 11) is 0. The summed E-state index contributed by atoms with van der Waals surface area (Å²) in [6, 6.07) is 12.5. The van der Waals surface area contributed by atoms with E-state index in [1.165, 1.54) is 0 Å². The van der Waals surface area contributed by atoms with Crippen LogP contribution in [0.15, 0.2) is 54.7 Å². The first-order valence-electron chi connectivity index (χ1n) is 15.1. The molecule has 2 N–H and O–H groups in total. The third-order valence-electron chi connectivity index (χ3n) is 8.69. The molecule has 0 saturated carbocycles. The van der Waals surface area contributed by atoms with E-state index in [1.54, 1.807) is 11.1 Å². The maximum atomic E-state index is 15.1. The van der Waals surface area contributed by atoms with Crippen molar-refractivity contribution in [2.24, 2.45) is 11.8 Å². The number of nitrogens with zero attached hydrogens (tertiary/aromatic N) is 3. The Kier molecular flexibility index (Phi) is 9.42. The van der Waals surface area contributed by atoms with E-state index in [1.807, 2.05) is 34.9 Å². The molecule has 3 aliphatic rings. The van der Waals surface area contributed by atoms with Gasteiger partial charge in [-0.15, -0.1) is 0 Å². The number of hydrogen-bond acceptors (Lipinski definition) is 6. The van der Waals surface area contributed by atoms with E-state index in [0.29, 0.717) is 64.7 Å². The van der Waals surface area contributed by atoms with Crippen molar-refractivity contribution in [3.05, 3.63) is 77.8 Å². The van der Waals surface area contributed by atoms with Crippen LogP contribution in [0.25, 0.3) is 11.3 Å². The second kappa shape index (κ2) is 13.6. The number of imidazole rings is 1. The summed E-state index contributed by atoms with van der Waals surface area (Å²) in [5.74, 6) is -1.29. The van der Waals surface area contributed by atoms with Crippen molar-refractivity contribution < 1.29 is 27.4 Å². The minimum Gasteiger partial charge on any atom is -0.381 e. The van der Waals surface area contributed by atoms with Gasteiger partial charge in [-0.05, 0) is 42.5 Å². The molecule has 1 aromatic heterocycles. The molecular formula is C32H38F3N5O3. The number of nitrogens with one attached hydrogen (secondary N) is 2. The van der Waals surface area contributed by atoms with Crippen LogP contribution in [-0.2, 0) is 20.8 Å². The standard InChI is InChI=1S/C32H38F3N5O3/c33-24-6-7-26(34)25(14-24)28-20-39(18-21-4-2-1-3-5-21)31(38-28)30(22-8-11-42-12-9-22)40(19-23-15-37-16-27(23)35)32(41)29-17-36-10-13-43-29/h1-7,14,20,22-23,27,29-30,36-37H,8-13,15-19H2. The molecule has 0 radical (unpaired) electrons. The lowest BCUT2D eigenvalue weighted by Gasteiger charge is -2.41. The Morgan fingerprint density at radius 3 is 2.58 bits per heavy atom. The molecule has 4 atom stereocenters. The van der Waals surface area contributed by atoms with Gasteiger partial charge in [-0.3, -0.25) is 4.79 Å². The van der Waals surface area contributed by atoms with Gasteiger partial charge in [-0.2, -0.15) is 0 Å². The first kappa shape index (κ1) is 29.8. The quantitative estimate of drug-likeness (QED) is 0.392. The van der Waals surface area contributed by atoms with Crippen molar-refractivity contribution in [1.29, 1.82) is 0 Å². The van der Waals surface area contributed by atoms with Gasteiger partial charge >= 0.3 is 0 Å². The average Bonchev–Trinajstić information content (AvgIpc) is 3.64. The van der Waals surface area contributed by atoms with Crippen molar-refractivity contribution >= 4 is 5.91 Å². The smallest absolute Gasteiger partial charge is 0.253 e. The molecule has 8 nitrogen and oxygen atoms in total. The predicted molar refractivity (Wildman–Crippen MR) is 155 cm³/mol. The fraction of sp³-hybridized carbons (Fsp3) is 0.500. The summed E-state index contributed by atoms with van der Waals surface area (Å²) in [6.07, 6.45) is 1.24. The van der Waals surface area contributed by atoms with E-state index in [2.05, 4.69) is 10.6 Å². The number of carbonyl (C=O) groups is 1. The molecule has 0 aliphatic carbocycles. The number of ether oxygens (including phenoxy) is 2. The number of alkyl halides is 1. The number of aromatic nitrogens is 2. The van der Waals surface area contributed by atoms with E-state index in [9.17, 15) is 9.18 Å². The van der Waals surface area contributed by atoms with Crippen molar-refractivity contribution in [3.63, 3.8) is 0 Å². The van der Waals surface area contributed by atoms with Crippen LogP contribution >= 0.6 is 0 Å². The van der Waals surface area contributed by atoms with Crippen LogP contribution in [0.4, 0.5) is 13.2 Å². The lowest BCUT2D eigenvalue weighted by Crippen LogP contribution is -2.53. The summed E-state index contributed by atoms with van der Waals surface area (Å²) in [5.41, 5.74) is 1.30. The van der Waals surface area contributed by atoms with Gasteiger partial charge in [-0.25, -0.2) is 18.2 Å². The van der Waals surface area contributed by atoms with E-state index in [0.717, 1.165) is 23.8 Å². The van der Waals surface area contributed by atoms with Crippen molar-refractivity contribution in [3.8, 4) is 11.3 Å². The average molecular weight is 598 g/mol. The molecule has 11 heteroatoms. The fourth-order valence-electron chi connectivity index (χ4n) is 6.42. The molecule has 4 unspecified atom stereocenters. The topological polar surface area (TPSA) is 80.7 Å². The zero-order chi connectivity index (χ0) is 29.8. The SMILES string of the molecule is O=C(C1CNCCO1)N(CC1CNCC1F)C(c1nc(-c2cc(F)ccc2F)cn1Cc1ccccc1)C1CCOCC1. The molecule has 230 valence electrons. The molecule has 0 spiro atoms. The molecule has 1 amide bonds. The maximum Gasteiger partial charge on any atom is 0.253 e. The summed E-state index contributed by atoms with van der Waals surface area (Å²) in [6.45, 7) is 3.71. The van der Waals surface area contributed by atoms with E-state index in [-0.39, 0.29) is 36.2 Å². The third-order valence-corrected chi connectivity index (χ3v) is 8.69. The highest BCUT2D eigenvalue weighted by Gasteiger charge is 2.42. The summed E-state index contributed by atoms with van der Waals surface area (Å²) >= 11 is 0. The Bertz CT molecular complexity index is 1380. The Morgan fingerprint density at radius 1 is 1.05 bits per heavy atom. The van der Waals surface area contributed by atoms with Gasteiger partial charge in [-0.1, -0.05) is 30.3 Å². The number of amides is 1. The van der Waals surface area contributed by atoms with Crippen LogP contribution < -0.4 is 10.6 Å². The van der Waals surface area contributed by atoms with E-state index < -0.39 is 35.9 Å². The second-order valence-corrected chi connectivity index (χ2v) is 11.6. The van der Waals surface area contributed by atoms with E-state index >= 15 is 8.78 Å². The molecule has 2 aromatic carbocycles. The van der Waals surface area contributed by atoms with Crippen LogP contribution in [0.3, 0.4) is 0 Å². The Hall–Kier alpha value is -3.25. The van der Waals surface area contributed by atoms with Gasteiger partial charge in [0, 0.05) is 70.2 Å². The Labute approximate surface area is 249 Å². The number of benzene rings is 2. The molecule has 3 fully saturated rings. The lowest BCUT2D eigenvalue weighted by atomic mass is 9.88. The minimum atomic E-state index is -1.10. The molecule has 4 heterocycles. The number of halogens is 3. The van der Waals surface area contributed by atoms with Crippen LogP contribution in [0, 0.1) is 23.5 Å². The van der Waals surface area contributed by atoms with Crippen molar-refractivity contribution in [1.82, 2.24) is 25.1 Å².